The number of hydrogen-bond donors (Lipinski definition) is 3. The molecule has 31 heavy (non-hydrogen) atoms. The molecule has 0 saturated carbocycles. The number of nitrogens with one attached hydrogen (secondary N) is 3. The molecule has 3 amide bonds. The summed E-state index contributed by atoms with van der Waals surface area (Å²) in [5.74, 6) is -0.883. The van der Waals surface area contributed by atoms with Gasteiger partial charge in [0.1, 0.15) is 12.1 Å². The molecule has 2 unspecified atom stereocenters. The van der Waals surface area contributed by atoms with E-state index in [0.717, 1.165) is 17.7 Å². The lowest BCUT2D eigenvalue weighted by molar-refractivity contribution is -0.143. The maximum Gasteiger partial charge on any atom is 0.246 e. The van der Waals surface area contributed by atoms with Crippen LogP contribution < -0.4 is 10.6 Å². The second-order valence-electron chi connectivity index (χ2n) is 8.39. The van der Waals surface area contributed by atoms with Crippen molar-refractivity contribution in [2.24, 2.45) is 0 Å². The molecule has 0 radical (unpaired) electrons. The van der Waals surface area contributed by atoms with Crippen LogP contribution in [-0.4, -0.2) is 50.2 Å². The average Bonchev–Trinajstić information content (AvgIpc) is 3.24. The molecule has 0 bridgehead atoms. The summed E-state index contributed by atoms with van der Waals surface area (Å²) in [4.78, 5) is 46.9. The SMILES string of the molecule is CCC(C)(C)NC(=O)C(C)N(Cc1ccccc1)C(=O)C(Cc1cnc[nH]1)NC(C)=O. The van der Waals surface area contributed by atoms with Crippen LogP contribution in [0.3, 0.4) is 0 Å². The summed E-state index contributed by atoms with van der Waals surface area (Å²) in [5.41, 5.74) is 1.23. The van der Waals surface area contributed by atoms with E-state index in [-0.39, 0.29) is 36.2 Å². The van der Waals surface area contributed by atoms with Crippen LogP contribution >= 0.6 is 0 Å². The highest BCUT2D eigenvalue weighted by molar-refractivity contribution is 5.92. The molecule has 168 valence electrons. The third-order valence-corrected chi connectivity index (χ3v) is 5.33. The second kappa shape index (κ2) is 10.7. The number of rotatable bonds is 10. The summed E-state index contributed by atoms with van der Waals surface area (Å²) in [6.45, 7) is 9.21. The average molecular weight is 428 g/mol. The molecule has 3 N–H and O–H groups in total. The summed E-state index contributed by atoms with van der Waals surface area (Å²) in [7, 11) is 0. The molecular formula is C23H33N5O3. The summed E-state index contributed by atoms with van der Waals surface area (Å²) in [5, 5.41) is 5.74. The Balaban J connectivity index is 2.32. The minimum Gasteiger partial charge on any atom is -0.349 e. The van der Waals surface area contributed by atoms with Crippen LogP contribution in [0.4, 0.5) is 0 Å². The molecular weight excluding hydrogens is 394 g/mol. The number of imidazole rings is 1. The standard InChI is InChI=1S/C23H33N5O3/c1-6-23(4,5)27-21(30)16(2)28(14-18-10-8-7-9-11-18)22(31)20(26-17(3)29)12-19-13-24-15-25-19/h7-11,13,15-16,20H,6,12,14H2,1-5H3,(H,24,25)(H,26,29)(H,27,30). The van der Waals surface area contributed by atoms with Gasteiger partial charge in [-0.25, -0.2) is 4.98 Å². The fourth-order valence-electron chi connectivity index (χ4n) is 3.12. The zero-order valence-corrected chi connectivity index (χ0v) is 18.9. The van der Waals surface area contributed by atoms with Crippen molar-refractivity contribution in [2.45, 2.75) is 71.6 Å². The summed E-state index contributed by atoms with van der Waals surface area (Å²) in [6, 6.07) is 7.94. The van der Waals surface area contributed by atoms with E-state index in [4.69, 9.17) is 0 Å². The summed E-state index contributed by atoms with van der Waals surface area (Å²) in [6.07, 6.45) is 4.14. The molecule has 0 saturated heterocycles. The molecule has 2 aromatic rings. The van der Waals surface area contributed by atoms with Crippen molar-refractivity contribution in [3.63, 3.8) is 0 Å². The topological polar surface area (TPSA) is 107 Å². The normalized spacial score (nSPS) is 13.2. The first-order chi connectivity index (χ1) is 14.6. The molecule has 1 aromatic heterocycles. The Hall–Kier alpha value is -3.16. The quantitative estimate of drug-likeness (QED) is 0.540. The minimum atomic E-state index is -0.823. The molecule has 2 rings (SSSR count). The second-order valence-corrected chi connectivity index (χ2v) is 8.39. The van der Waals surface area contributed by atoms with Crippen LogP contribution in [0.5, 0.6) is 0 Å². The van der Waals surface area contributed by atoms with Crippen LogP contribution in [0, 0.1) is 0 Å². The zero-order valence-electron chi connectivity index (χ0n) is 18.9. The van der Waals surface area contributed by atoms with Crippen molar-refractivity contribution in [1.82, 2.24) is 25.5 Å². The molecule has 0 aliphatic heterocycles. The van der Waals surface area contributed by atoms with E-state index in [2.05, 4.69) is 20.6 Å². The molecule has 0 spiro atoms. The number of benzene rings is 1. The first-order valence-electron chi connectivity index (χ1n) is 10.5. The lowest BCUT2D eigenvalue weighted by Gasteiger charge is -2.34. The van der Waals surface area contributed by atoms with Crippen molar-refractivity contribution >= 4 is 17.7 Å². The van der Waals surface area contributed by atoms with Gasteiger partial charge in [-0.2, -0.15) is 0 Å². The molecule has 8 nitrogen and oxygen atoms in total. The molecule has 0 fully saturated rings. The Labute approximate surface area is 183 Å². The number of hydrogen-bond acceptors (Lipinski definition) is 4. The predicted molar refractivity (Wildman–Crippen MR) is 119 cm³/mol. The van der Waals surface area contributed by atoms with Crippen LogP contribution in [0.15, 0.2) is 42.9 Å². The smallest absolute Gasteiger partial charge is 0.246 e. The maximum atomic E-state index is 13.6. The van der Waals surface area contributed by atoms with Crippen molar-refractivity contribution < 1.29 is 14.4 Å². The lowest BCUT2D eigenvalue weighted by atomic mass is 10.0. The first kappa shape index (κ1) is 24.1. The molecule has 1 aromatic carbocycles. The summed E-state index contributed by atoms with van der Waals surface area (Å²) >= 11 is 0. The number of amides is 3. The van der Waals surface area contributed by atoms with Gasteiger partial charge < -0.3 is 20.5 Å². The number of H-pyrrole nitrogens is 1. The third kappa shape index (κ3) is 7.24. The van der Waals surface area contributed by atoms with Crippen LogP contribution in [0.25, 0.3) is 0 Å². The Morgan fingerprint density at radius 3 is 2.42 bits per heavy atom. The third-order valence-electron chi connectivity index (χ3n) is 5.33. The molecule has 8 heteroatoms. The predicted octanol–water partition coefficient (Wildman–Crippen LogP) is 2.18. The van der Waals surface area contributed by atoms with Gasteiger partial charge in [-0.15, -0.1) is 0 Å². The van der Waals surface area contributed by atoms with E-state index < -0.39 is 12.1 Å². The summed E-state index contributed by atoms with van der Waals surface area (Å²) < 4.78 is 0. The number of aromatic nitrogens is 2. The van der Waals surface area contributed by atoms with Crippen molar-refractivity contribution in [2.75, 3.05) is 0 Å². The molecule has 1 heterocycles. The zero-order chi connectivity index (χ0) is 23.0. The Morgan fingerprint density at radius 2 is 1.87 bits per heavy atom. The fourth-order valence-corrected chi connectivity index (χ4v) is 3.12. The van der Waals surface area contributed by atoms with E-state index in [9.17, 15) is 14.4 Å². The molecule has 0 aliphatic rings. The van der Waals surface area contributed by atoms with Crippen molar-refractivity contribution in [3.8, 4) is 0 Å². The minimum absolute atomic E-state index is 0.237. The Bertz CT molecular complexity index is 865. The van der Waals surface area contributed by atoms with Crippen molar-refractivity contribution in [1.29, 1.82) is 0 Å². The van der Waals surface area contributed by atoms with Gasteiger partial charge in [-0.3, -0.25) is 14.4 Å². The van der Waals surface area contributed by atoms with Gasteiger partial charge in [-0.1, -0.05) is 37.3 Å². The van der Waals surface area contributed by atoms with E-state index in [0.29, 0.717) is 0 Å². The number of aromatic amines is 1. The fraction of sp³-hybridized carbons (Fsp3) is 0.478. The number of nitrogens with zero attached hydrogens (tertiary/aromatic N) is 2. The van der Waals surface area contributed by atoms with Crippen molar-refractivity contribution in [3.05, 3.63) is 54.1 Å². The molecule has 0 aliphatic carbocycles. The van der Waals surface area contributed by atoms with Gasteiger partial charge in [0, 0.05) is 37.3 Å². The largest absolute Gasteiger partial charge is 0.349 e. The highest BCUT2D eigenvalue weighted by Crippen LogP contribution is 2.15. The monoisotopic (exact) mass is 427 g/mol. The Kier molecular flexibility index (Phi) is 8.36. The van der Waals surface area contributed by atoms with Gasteiger partial charge in [0.25, 0.3) is 0 Å². The first-order valence-corrected chi connectivity index (χ1v) is 10.5. The van der Waals surface area contributed by atoms with E-state index in [1.54, 1.807) is 13.1 Å². The maximum absolute atomic E-state index is 13.6. The van der Waals surface area contributed by atoms with Gasteiger partial charge in [0.15, 0.2) is 0 Å². The molecule has 2 atom stereocenters. The Morgan fingerprint density at radius 1 is 1.19 bits per heavy atom. The van der Waals surface area contributed by atoms with Gasteiger partial charge in [-0.05, 0) is 32.8 Å². The van der Waals surface area contributed by atoms with Crippen LogP contribution in [-0.2, 0) is 27.3 Å². The van der Waals surface area contributed by atoms with E-state index >= 15 is 0 Å². The lowest BCUT2D eigenvalue weighted by Crippen LogP contribution is -2.57. The van der Waals surface area contributed by atoms with Crippen LogP contribution in [0.2, 0.25) is 0 Å². The number of carbonyl (C=O) groups is 3. The highest BCUT2D eigenvalue weighted by atomic mass is 16.2. The number of carbonyl (C=O) groups excluding carboxylic acids is 3. The highest BCUT2D eigenvalue weighted by Gasteiger charge is 2.33. The van der Waals surface area contributed by atoms with E-state index in [1.807, 2.05) is 51.1 Å². The van der Waals surface area contributed by atoms with E-state index in [1.165, 1.54) is 18.2 Å². The van der Waals surface area contributed by atoms with Crippen LogP contribution in [0.1, 0.15) is 52.3 Å². The van der Waals surface area contributed by atoms with Gasteiger partial charge >= 0.3 is 0 Å². The van der Waals surface area contributed by atoms with Gasteiger partial charge in [0.05, 0.1) is 6.33 Å². The van der Waals surface area contributed by atoms with Gasteiger partial charge in [0.2, 0.25) is 17.7 Å².